The first-order valence-corrected chi connectivity index (χ1v) is 7.40. The predicted molar refractivity (Wildman–Crippen MR) is 82.3 cm³/mol. The molecule has 3 nitrogen and oxygen atoms in total. The van der Waals surface area contributed by atoms with Crippen LogP contribution in [-0.2, 0) is 0 Å². The van der Waals surface area contributed by atoms with Crippen LogP contribution in [-0.4, -0.2) is 36.9 Å². The van der Waals surface area contributed by atoms with E-state index < -0.39 is 0 Å². The van der Waals surface area contributed by atoms with Crippen LogP contribution in [0.4, 0.5) is 5.69 Å². The SMILES string of the molecule is Brc1ccc2c3c(cccc13)C(N1CCNCC1)=N2. The van der Waals surface area contributed by atoms with Crippen LogP contribution in [0.25, 0.3) is 10.8 Å². The number of piperazine rings is 1. The third-order valence-corrected chi connectivity index (χ3v) is 4.54. The first-order chi connectivity index (χ1) is 9.34. The highest BCUT2D eigenvalue weighted by Gasteiger charge is 2.24. The molecule has 2 aliphatic rings. The molecule has 2 aromatic rings. The molecule has 0 saturated carbocycles. The van der Waals surface area contributed by atoms with Crippen molar-refractivity contribution in [3.8, 4) is 0 Å². The topological polar surface area (TPSA) is 27.6 Å². The highest BCUT2D eigenvalue weighted by atomic mass is 79.9. The van der Waals surface area contributed by atoms with Crippen LogP contribution in [0.5, 0.6) is 0 Å². The standard InChI is InChI=1S/C15H14BrN3/c16-12-4-5-13-14-10(12)2-1-3-11(14)15(18-13)19-8-6-17-7-9-19/h1-5,17H,6-9H2. The van der Waals surface area contributed by atoms with Gasteiger partial charge in [-0.15, -0.1) is 0 Å². The van der Waals surface area contributed by atoms with Crippen molar-refractivity contribution < 1.29 is 0 Å². The molecular formula is C15H14BrN3. The highest BCUT2D eigenvalue weighted by Crippen LogP contribution is 2.39. The van der Waals surface area contributed by atoms with Crippen LogP contribution in [0.3, 0.4) is 0 Å². The third kappa shape index (κ3) is 1.70. The van der Waals surface area contributed by atoms with Gasteiger partial charge in [-0.2, -0.15) is 0 Å². The van der Waals surface area contributed by atoms with Crippen molar-refractivity contribution in [3.63, 3.8) is 0 Å². The smallest absolute Gasteiger partial charge is 0.137 e. The second-order valence-electron chi connectivity index (χ2n) is 4.97. The Morgan fingerprint density at radius 1 is 1.11 bits per heavy atom. The largest absolute Gasteiger partial charge is 0.354 e. The van der Waals surface area contributed by atoms with Gasteiger partial charge in [-0.1, -0.05) is 34.1 Å². The summed E-state index contributed by atoms with van der Waals surface area (Å²) in [6, 6.07) is 10.7. The van der Waals surface area contributed by atoms with E-state index in [2.05, 4.69) is 56.5 Å². The summed E-state index contributed by atoms with van der Waals surface area (Å²) >= 11 is 3.63. The van der Waals surface area contributed by atoms with Crippen LogP contribution < -0.4 is 5.32 Å². The number of amidine groups is 1. The molecule has 2 aromatic carbocycles. The zero-order valence-corrected chi connectivity index (χ0v) is 12.1. The lowest BCUT2D eigenvalue weighted by molar-refractivity contribution is 0.358. The lowest BCUT2D eigenvalue weighted by Gasteiger charge is -2.29. The van der Waals surface area contributed by atoms with E-state index in [0.717, 1.165) is 42.2 Å². The molecule has 96 valence electrons. The van der Waals surface area contributed by atoms with E-state index in [0.29, 0.717) is 0 Å². The van der Waals surface area contributed by atoms with Gasteiger partial charge in [0, 0.05) is 41.6 Å². The van der Waals surface area contributed by atoms with Gasteiger partial charge >= 0.3 is 0 Å². The zero-order chi connectivity index (χ0) is 12.8. The molecule has 0 bridgehead atoms. The van der Waals surface area contributed by atoms with Crippen molar-refractivity contribution in [3.05, 3.63) is 40.4 Å². The van der Waals surface area contributed by atoms with E-state index in [1.54, 1.807) is 0 Å². The van der Waals surface area contributed by atoms with Gasteiger partial charge in [0.25, 0.3) is 0 Å². The Morgan fingerprint density at radius 2 is 1.95 bits per heavy atom. The number of rotatable bonds is 0. The molecule has 1 saturated heterocycles. The van der Waals surface area contributed by atoms with Gasteiger partial charge in [-0.05, 0) is 17.5 Å². The predicted octanol–water partition coefficient (Wildman–Crippen LogP) is 2.90. The van der Waals surface area contributed by atoms with Crippen molar-refractivity contribution in [2.45, 2.75) is 0 Å². The average Bonchev–Trinajstić information content (AvgIpc) is 2.84. The summed E-state index contributed by atoms with van der Waals surface area (Å²) in [4.78, 5) is 7.24. The second kappa shape index (κ2) is 4.32. The van der Waals surface area contributed by atoms with Gasteiger partial charge in [-0.3, -0.25) is 0 Å². The van der Waals surface area contributed by atoms with Crippen LogP contribution in [0.2, 0.25) is 0 Å². The Balaban J connectivity index is 1.89. The molecule has 0 aromatic heterocycles. The summed E-state index contributed by atoms with van der Waals surface area (Å²) in [7, 11) is 0. The number of nitrogens with zero attached hydrogens (tertiary/aromatic N) is 2. The fraction of sp³-hybridized carbons (Fsp3) is 0.267. The molecule has 4 rings (SSSR count). The first-order valence-electron chi connectivity index (χ1n) is 6.60. The van der Waals surface area contributed by atoms with E-state index >= 15 is 0 Å². The van der Waals surface area contributed by atoms with Crippen LogP contribution in [0.15, 0.2) is 39.8 Å². The molecule has 0 unspecified atom stereocenters. The summed E-state index contributed by atoms with van der Waals surface area (Å²) in [5, 5.41) is 5.93. The lowest BCUT2D eigenvalue weighted by Crippen LogP contribution is -2.46. The minimum Gasteiger partial charge on any atom is -0.354 e. The molecule has 19 heavy (non-hydrogen) atoms. The Bertz CT molecular complexity index is 687. The molecule has 2 heterocycles. The number of aliphatic imine (C=N–C) groups is 1. The zero-order valence-electron chi connectivity index (χ0n) is 10.5. The quantitative estimate of drug-likeness (QED) is 0.809. The summed E-state index contributed by atoms with van der Waals surface area (Å²) in [5.41, 5.74) is 2.37. The van der Waals surface area contributed by atoms with Gasteiger partial charge in [0.2, 0.25) is 0 Å². The second-order valence-corrected chi connectivity index (χ2v) is 5.82. The van der Waals surface area contributed by atoms with Crippen LogP contribution >= 0.6 is 15.9 Å². The number of hydrogen-bond acceptors (Lipinski definition) is 3. The van der Waals surface area contributed by atoms with Crippen molar-refractivity contribution in [2.24, 2.45) is 4.99 Å². The summed E-state index contributed by atoms with van der Waals surface area (Å²) in [5.74, 6) is 1.14. The van der Waals surface area contributed by atoms with Gasteiger partial charge in [-0.25, -0.2) is 4.99 Å². The highest BCUT2D eigenvalue weighted by molar-refractivity contribution is 9.10. The molecular weight excluding hydrogens is 302 g/mol. The Labute approximate surface area is 120 Å². The number of nitrogens with one attached hydrogen (secondary N) is 1. The normalized spacial score (nSPS) is 17.9. The Morgan fingerprint density at radius 3 is 2.79 bits per heavy atom. The minimum atomic E-state index is 1.03. The van der Waals surface area contributed by atoms with E-state index in [1.165, 1.54) is 16.3 Å². The van der Waals surface area contributed by atoms with Gasteiger partial charge < -0.3 is 10.2 Å². The summed E-state index contributed by atoms with van der Waals surface area (Å²) in [6.45, 7) is 4.14. The lowest BCUT2D eigenvalue weighted by atomic mass is 10.0. The number of halogens is 1. The molecule has 0 radical (unpaired) electrons. The molecule has 0 atom stereocenters. The molecule has 0 spiro atoms. The fourth-order valence-electron chi connectivity index (χ4n) is 2.92. The van der Waals surface area contributed by atoms with Crippen molar-refractivity contribution >= 4 is 38.2 Å². The number of hydrogen-bond donors (Lipinski definition) is 1. The van der Waals surface area contributed by atoms with Crippen molar-refractivity contribution in [2.75, 3.05) is 26.2 Å². The average molecular weight is 316 g/mol. The van der Waals surface area contributed by atoms with Gasteiger partial charge in [0.15, 0.2) is 0 Å². The molecule has 4 heteroatoms. The van der Waals surface area contributed by atoms with E-state index in [-0.39, 0.29) is 0 Å². The molecule has 1 fully saturated rings. The fourth-order valence-corrected chi connectivity index (χ4v) is 3.39. The van der Waals surface area contributed by atoms with Gasteiger partial charge in [0.05, 0.1) is 5.69 Å². The molecule has 0 amide bonds. The minimum absolute atomic E-state index is 1.03. The van der Waals surface area contributed by atoms with E-state index in [1.807, 2.05) is 0 Å². The maximum atomic E-state index is 4.86. The maximum absolute atomic E-state index is 4.86. The molecule has 0 aliphatic carbocycles. The van der Waals surface area contributed by atoms with Crippen molar-refractivity contribution in [1.82, 2.24) is 10.2 Å². The summed E-state index contributed by atoms with van der Waals surface area (Å²) in [6.07, 6.45) is 0. The monoisotopic (exact) mass is 315 g/mol. The Kier molecular flexibility index (Phi) is 2.60. The summed E-state index contributed by atoms with van der Waals surface area (Å²) < 4.78 is 1.14. The molecule has 1 N–H and O–H groups in total. The molecule has 2 aliphatic heterocycles. The van der Waals surface area contributed by atoms with Crippen LogP contribution in [0, 0.1) is 0 Å². The van der Waals surface area contributed by atoms with Crippen LogP contribution in [0.1, 0.15) is 5.56 Å². The number of benzene rings is 2. The first kappa shape index (κ1) is 11.4. The van der Waals surface area contributed by atoms with E-state index in [4.69, 9.17) is 4.99 Å². The maximum Gasteiger partial charge on any atom is 0.137 e. The Hall–Kier alpha value is -1.39. The van der Waals surface area contributed by atoms with Crippen molar-refractivity contribution in [1.29, 1.82) is 0 Å². The van der Waals surface area contributed by atoms with E-state index in [9.17, 15) is 0 Å². The third-order valence-electron chi connectivity index (χ3n) is 3.85. The van der Waals surface area contributed by atoms with Gasteiger partial charge in [0.1, 0.15) is 5.84 Å².